The maximum atomic E-state index is 12.5. The van der Waals surface area contributed by atoms with Crippen molar-refractivity contribution in [3.63, 3.8) is 0 Å². The molecule has 0 saturated carbocycles. The molecule has 0 unspecified atom stereocenters. The molecule has 6 heteroatoms. The van der Waals surface area contributed by atoms with Crippen LogP contribution in [-0.4, -0.2) is 54.4 Å². The van der Waals surface area contributed by atoms with Gasteiger partial charge >= 0.3 is 0 Å². The minimum absolute atomic E-state index is 0.0217. The predicted octanol–water partition coefficient (Wildman–Crippen LogP) is 1.74. The van der Waals surface area contributed by atoms with Crippen molar-refractivity contribution in [3.05, 3.63) is 30.0 Å². The van der Waals surface area contributed by atoms with Gasteiger partial charge in [-0.1, -0.05) is 23.7 Å². The summed E-state index contributed by atoms with van der Waals surface area (Å²) in [6.45, 7) is 3.51. The summed E-state index contributed by atoms with van der Waals surface area (Å²) in [5, 5.41) is 8.09. The number of rotatable bonds is 4. The first-order valence-corrected chi connectivity index (χ1v) is 8.76. The maximum absolute atomic E-state index is 12.5. The number of hydrogen-bond donors (Lipinski definition) is 1. The van der Waals surface area contributed by atoms with Crippen LogP contribution in [-0.2, 0) is 16.0 Å². The zero-order chi connectivity index (χ0) is 16.4. The summed E-state index contributed by atoms with van der Waals surface area (Å²) >= 11 is 0. The lowest BCUT2D eigenvalue weighted by molar-refractivity contribution is -0.121. The molecule has 0 radical (unpaired) electrons. The Labute approximate surface area is 141 Å². The lowest BCUT2D eigenvalue weighted by atomic mass is 10.0. The van der Waals surface area contributed by atoms with Gasteiger partial charge in [0.1, 0.15) is 5.69 Å². The number of para-hydroxylation sites is 1. The fraction of sp³-hybridized carbons (Fsp3) is 0.556. The van der Waals surface area contributed by atoms with Crippen LogP contribution in [0.25, 0.3) is 11.0 Å². The summed E-state index contributed by atoms with van der Waals surface area (Å²) in [5.74, 6) is -0.0217. The van der Waals surface area contributed by atoms with E-state index in [9.17, 15) is 4.79 Å². The summed E-state index contributed by atoms with van der Waals surface area (Å²) in [4.78, 5) is 14.9. The maximum Gasteiger partial charge on any atom is 0.226 e. The summed E-state index contributed by atoms with van der Waals surface area (Å²) in [6.07, 6.45) is 4.02. The normalized spacial score (nSPS) is 25.2. The Hall–Kier alpha value is -1.92. The number of hydrogen-bond acceptors (Lipinski definition) is 5. The number of benzene rings is 1. The van der Waals surface area contributed by atoms with Crippen molar-refractivity contribution in [2.75, 3.05) is 26.3 Å². The Bertz CT molecular complexity index is 708. The molecule has 1 aromatic carbocycles. The molecule has 2 atom stereocenters. The second kappa shape index (κ2) is 6.91. The topological polar surface area (TPSA) is 67.6 Å². The third-order valence-electron chi connectivity index (χ3n) is 5.04. The first kappa shape index (κ1) is 15.6. The number of aromatic nitrogens is 1. The second-order valence-corrected chi connectivity index (χ2v) is 6.68. The molecule has 1 aromatic heterocycles. The number of carbonyl (C=O) groups is 1. The Morgan fingerprint density at radius 1 is 1.21 bits per heavy atom. The number of nitrogens with one attached hydrogen (secondary N) is 1. The molecule has 1 N–H and O–H groups in total. The summed E-state index contributed by atoms with van der Waals surface area (Å²) in [7, 11) is 0. The lowest BCUT2D eigenvalue weighted by Crippen LogP contribution is -2.52. The van der Waals surface area contributed by atoms with E-state index in [1.807, 2.05) is 24.3 Å². The van der Waals surface area contributed by atoms with E-state index in [0.29, 0.717) is 24.9 Å². The van der Waals surface area contributed by atoms with Gasteiger partial charge in [0, 0.05) is 5.39 Å². The molecule has 2 aliphatic heterocycles. The second-order valence-electron chi connectivity index (χ2n) is 6.68. The number of nitrogens with zero attached hydrogens (tertiary/aromatic N) is 2. The molecule has 1 amide bonds. The Kier molecular flexibility index (Phi) is 4.49. The van der Waals surface area contributed by atoms with E-state index in [1.54, 1.807) is 0 Å². The lowest BCUT2D eigenvalue weighted by Gasteiger charge is -2.34. The van der Waals surface area contributed by atoms with Crippen LogP contribution in [0.15, 0.2) is 28.8 Å². The van der Waals surface area contributed by atoms with Crippen LogP contribution in [0.2, 0.25) is 0 Å². The summed E-state index contributed by atoms with van der Waals surface area (Å²) in [6, 6.07) is 7.98. The number of amides is 1. The van der Waals surface area contributed by atoms with Crippen LogP contribution in [0.3, 0.4) is 0 Å². The minimum Gasteiger partial charge on any atom is -0.378 e. The van der Waals surface area contributed by atoms with Gasteiger partial charge < -0.3 is 14.6 Å². The molecule has 0 bridgehead atoms. The highest BCUT2D eigenvalue weighted by Crippen LogP contribution is 2.20. The van der Waals surface area contributed by atoms with E-state index in [4.69, 9.17) is 9.26 Å². The quantitative estimate of drug-likeness (QED) is 0.925. The Balaban J connectivity index is 1.40. The highest BCUT2D eigenvalue weighted by atomic mass is 16.5. The molecule has 2 aromatic rings. The van der Waals surface area contributed by atoms with Gasteiger partial charge in [-0.2, -0.15) is 0 Å². The largest absolute Gasteiger partial charge is 0.378 e. The molecule has 2 aliphatic rings. The van der Waals surface area contributed by atoms with E-state index >= 15 is 0 Å². The van der Waals surface area contributed by atoms with Crippen molar-refractivity contribution < 1.29 is 14.1 Å². The third kappa shape index (κ3) is 3.16. The first-order chi connectivity index (χ1) is 11.8. The zero-order valence-corrected chi connectivity index (χ0v) is 13.7. The van der Waals surface area contributed by atoms with Gasteiger partial charge in [-0.05, 0) is 38.1 Å². The van der Waals surface area contributed by atoms with Gasteiger partial charge in [0.25, 0.3) is 0 Å². The molecule has 4 rings (SSSR count). The van der Waals surface area contributed by atoms with Crippen LogP contribution in [0.5, 0.6) is 0 Å². The molecule has 3 heterocycles. The van der Waals surface area contributed by atoms with Crippen molar-refractivity contribution in [2.24, 2.45) is 0 Å². The predicted molar refractivity (Wildman–Crippen MR) is 89.7 cm³/mol. The van der Waals surface area contributed by atoms with Crippen LogP contribution in [0.4, 0.5) is 0 Å². The number of carbonyl (C=O) groups excluding carboxylic acids is 1. The number of ether oxygens (including phenoxy) is 1. The van der Waals surface area contributed by atoms with Gasteiger partial charge in [-0.3, -0.25) is 9.69 Å². The smallest absolute Gasteiger partial charge is 0.226 e. The molecule has 128 valence electrons. The molecule has 0 spiro atoms. The summed E-state index contributed by atoms with van der Waals surface area (Å²) in [5.41, 5.74) is 1.41. The highest BCUT2D eigenvalue weighted by molar-refractivity contribution is 5.86. The van der Waals surface area contributed by atoms with Crippen molar-refractivity contribution >= 4 is 16.9 Å². The van der Waals surface area contributed by atoms with Crippen LogP contribution in [0, 0.1) is 0 Å². The fourth-order valence-electron chi connectivity index (χ4n) is 3.77. The average molecular weight is 329 g/mol. The van der Waals surface area contributed by atoms with Crippen molar-refractivity contribution in [2.45, 2.75) is 37.8 Å². The van der Waals surface area contributed by atoms with Crippen LogP contribution >= 0.6 is 0 Å². The molecule has 0 aliphatic carbocycles. The Morgan fingerprint density at radius 3 is 2.92 bits per heavy atom. The van der Waals surface area contributed by atoms with E-state index in [1.165, 1.54) is 19.3 Å². The van der Waals surface area contributed by atoms with E-state index in [-0.39, 0.29) is 18.4 Å². The Morgan fingerprint density at radius 2 is 2.04 bits per heavy atom. The third-order valence-corrected chi connectivity index (χ3v) is 5.04. The van der Waals surface area contributed by atoms with Gasteiger partial charge in [0.2, 0.25) is 5.91 Å². The minimum atomic E-state index is -0.0217. The molecule has 24 heavy (non-hydrogen) atoms. The molecular formula is C18H23N3O3. The van der Waals surface area contributed by atoms with Crippen molar-refractivity contribution in [1.82, 2.24) is 15.4 Å². The van der Waals surface area contributed by atoms with Gasteiger partial charge in [0.15, 0.2) is 5.58 Å². The van der Waals surface area contributed by atoms with Gasteiger partial charge in [-0.15, -0.1) is 0 Å². The van der Waals surface area contributed by atoms with Crippen molar-refractivity contribution in [1.29, 1.82) is 0 Å². The number of fused-ring (bicyclic) bond motifs is 1. The van der Waals surface area contributed by atoms with E-state index in [2.05, 4.69) is 15.4 Å². The highest BCUT2D eigenvalue weighted by Gasteiger charge is 2.34. The van der Waals surface area contributed by atoms with E-state index < -0.39 is 0 Å². The van der Waals surface area contributed by atoms with Crippen molar-refractivity contribution in [3.8, 4) is 0 Å². The average Bonchev–Trinajstić information content (AvgIpc) is 3.23. The van der Waals surface area contributed by atoms with Gasteiger partial charge in [0.05, 0.1) is 31.7 Å². The first-order valence-electron chi connectivity index (χ1n) is 8.76. The fourth-order valence-corrected chi connectivity index (χ4v) is 3.77. The van der Waals surface area contributed by atoms with Gasteiger partial charge in [-0.25, -0.2) is 0 Å². The monoisotopic (exact) mass is 329 g/mol. The van der Waals surface area contributed by atoms with Crippen LogP contribution in [0.1, 0.15) is 25.0 Å². The molecule has 2 saturated heterocycles. The summed E-state index contributed by atoms with van der Waals surface area (Å²) < 4.78 is 10.9. The SMILES string of the molecule is O=C(Cc1noc2ccccc12)N[C@H]1COC[C@@H]1N1CCCCC1. The standard InChI is InChI=1S/C18H23N3O3/c22-18(10-14-13-6-2-3-7-17(13)24-20-14)19-15-11-23-12-16(15)21-8-4-1-5-9-21/h2-3,6-7,15-16H,1,4-5,8-12H2,(H,19,22)/t15-,16-/m0/s1. The molecule has 6 nitrogen and oxygen atoms in total. The zero-order valence-electron chi connectivity index (χ0n) is 13.7. The number of piperidine rings is 1. The number of likely N-dealkylation sites (tertiary alicyclic amines) is 1. The van der Waals surface area contributed by atoms with E-state index in [0.717, 1.165) is 24.1 Å². The van der Waals surface area contributed by atoms with Crippen LogP contribution < -0.4 is 5.32 Å². The molecule has 2 fully saturated rings. The molecular weight excluding hydrogens is 306 g/mol.